The fourth-order valence-electron chi connectivity index (χ4n) is 1.29. The van der Waals surface area contributed by atoms with Crippen molar-refractivity contribution in [2.75, 3.05) is 6.54 Å². The summed E-state index contributed by atoms with van der Waals surface area (Å²) in [6, 6.07) is 6.40. The van der Waals surface area contributed by atoms with Crippen LogP contribution < -0.4 is 10.1 Å². The van der Waals surface area contributed by atoms with Crippen LogP contribution in [0.25, 0.3) is 0 Å². The van der Waals surface area contributed by atoms with Crippen LogP contribution in [0.4, 0.5) is 4.39 Å². The number of nitriles is 1. The number of rotatable bonds is 5. The first-order valence-corrected chi connectivity index (χ1v) is 5.22. The Morgan fingerprint density at radius 1 is 1.50 bits per heavy atom. The van der Waals surface area contributed by atoms with Gasteiger partial charge in [0.1, 0.15) is 17.6 Å². The van der Waals surface area contributed by atoms with Gasteiger partial charge in [-0.3, -0.25) is 0 Å². The average molecular weight is 222 g/mol. The maximum Gasteiger partial charge on any atom is 0.181 e. The molecule has 1 unspecified atom stereocenters. The van der Waals surface area contributed by atoms with Gasteiger partial charge in [0.15, 0.2) is 6.10 Å². The largest absolute Gasteiger partial charge is 0.476 e. The highest BCUT2D eigenvalue weighted by Crippen LogP contribution is 2.17. The van der Waals surface area contributed by atoms with Crippen molar-refractivity contribution in [2.24, 2.45) is 0 Å². The van der Waals surface area contributed by atoms with Gasteiger partial charge in [0.2, 0.25) is 0 Å². The Kier molecular flexibility index (Phi) is 4.74. The molecule has 1 aromatic carbocycles. The van der Waals surface area contributed by atoms with Crippen LogP contribution in [0.3, 0.4) is 0 Å². The summed E-state index contributed by atoms with van der Waals surface area (Å²) in [5, 5.41) is 11.7. The SMILES string of the molecule is CCNCc1cc(F)cc(OC(C)C#N)c1. The Balaban J connectivity index is 2.77. The normalized spacial score (nSPS) is 11.9. The molecule has 0 saturated heterocycles. The summed E-state index contributed by atoms with van der Waals surface area (Å²) in [5.74, 6) is 0.0393. The molecule has 4 heteroatoms. The molecule has 1 rings (SSSR count). The van der Waals surface area contributed by atoms with E-state index < -0.39 is 6.10 Å². The summed E-state index contributed by atoms with van der Waals surface area (Å²) >= 11 is 0. The van der Waals surface area contributed by atoms with Crippen LogP contribution in [0.15, 0.2) is 18.2 Å². The predicted octanol–water partition coefficient (Wildman–Crippen LogP) is 2.23. The Morgan fingerprint density at radius 3 is 2.88 bits per heavy atom. The monoisotopic (exact) mass is 222 g/mol. The van der Waals surface area contributed by atoms with E-state index in [-0.39, 0.29) is 5.82 Å². The highest BCUT2D eigenvalue weighted by atomic mass is 19.1. The maximum absolute atomic E-state index is 13.2. The molecule has 1 aromatic rings. The van der Waals surface area contributed by atoms with Crippen molar-refractivity contribution >= 4 is 0 Å². The lowest BCUT2D eigenvalue weighted by atomic mass is 10.2. The second-order valence-electron chi connectivity index (χ2n) is 3.46. The number of nitrogens with zero attached hydrogens (tertiary/aromatic N) is 1. The van der Waals surface area contributed by atoms with E-state index in [0.29, 0.717) is 12.3 Å². The molecule has 0 heterocycles. The fraction of sp³-hybridized carbons (Fsp3) is 0.417. The second kappa shape index (κ2) is 6.09. The van der Waals surface area contributed by atoms with Crippen LogP contribution in [0, 0.1) is 17.1 Å². The summed E-state index contributed by atoms with van der Waals surface area (Å²) in [5.41, 5.74) is 0.807. The summed E-state index contributed by atoms with van der Waals surface area (Å²) in [4.78, 5) is 0. The number of ether oxygens (including phenoxy) is 1. The van der Waals surface area contributed by atoms with Crippen molar-refractivity contribution in [1.29, 1.82) is 5.26 Å². The second-order valence-corrected chi connectivity index (χ2v) is 3.46. The minimum atomic E-state index is -0.575. The molecule has 16 heavy (non-hydrogen) atoms. The van der Waals surface area contributed by atoms with E-state index in [1.54, 1.807) is 13.0 Å². The number of benzene rings is 1. The van der Waals surface area contributed by atoms with E-state index in [1.165, 1.54) is 12.1 Å². The number of hydrogen-bond acceptors (Lipinski definition) is 3. The smallest absolute Gasteiger partial charge is 0.181 e. The molecule has 86 valence electrons. The van der Waals surface area contributed by atoms with Crippen molar-refractivity contribution in [3.63, 3.8) is 0 Å². The summed E-state index contributed by atoms with van der Waals surface area (Å²) in [6.07, 6.45) is -0.575. The fourth-order valence-corrected chi connectivity index (χ4v) is 1.29. The lowest BCUT2D eigenvalue weighted by Gasteiger charge is -2.10. The highest BCUT2D eigenvalue weighted by Gasteiger charge is 2.05. The molecule has 0 radical (unpaired) electrons. The molecule has 0 aliphatic carbocycles. The van der Waals surface area contributed by atoms with Crippen LogP contribution >= 0.6 is 0 Å². The Morgan fingerprint density at radius 2 is 2.25 bits per heavy atom. The van der Waals surface area contributed by atoms with E-state index in [1.807, 2.05) is 13.0 Å². The third-order valence-electron chi connectivity index (χ3n) is 2.00. The molecule has 0 aliphatic rings. The summed E-state index contributed by atoms with van der Waals surface area (Å²) < 4.78 is 18.5. The molecule has 0 bridgehead atoms. The van der Waals surface area contributed by atoms with Gasteiger partial charge in [-0.2, -0.15) is 5.26 Å². The standard InChI is InChI=1S/C12H15FN2O/c1-3-15-8-10-4-11(13)6-12(5-10)16-9(2)7-14/h4-6,9,15H,3,8H2,1-2H3. The average Bonchev–Trinajstić information content (AvgIpc) is 2.25. The van der Waals surface area contributed by atoms with E-state index in [0.717, 1.165) is 12.1 Å². The van der Waals surface area contributed by atoms with Crippen LogP contribution in [-0.4, -0.2) is 12.6 Å². The van der Waals surface area contributed by atoms with Gasteiger partial charge in [0.05, 0.1) is 0 Å². The van der Waals surface area contributed by atoms with Crippen LogP contribution in [-0.2, 0) is 6.54 Å². The molecule has 1 atom stereocenters. The molecule has 0 amide bonds. The van der Waals surface area contributed by atoms with E-state index >= 15 is 0 Å². The number of hydrogen-bond donors (Lipinski definition) is 1. The maximum atomic E-state index is 13.2. The minimum Gasteiger partial charge on any atom is -0.476 e. The van der Waals surface area contributed by atoms with E-state index in [4.69, 9.17) is 10.00 Å². The third kappa shape index (κ3) is 3.87. The first kappa shape index (κ1) is 12.5. The van der Waals surface area contributed by atoms with Crippen molar-refractivity contribution in [2.45, 2.75) is 26.5 Å². The molecular formula is C12H15FN2O. The molecule has 3 nitrogen and oxygen atoms in total. The number of halogens is 1. The summed E-state index contributed by atoms with van der Waals surface area (Å²) in [7, 11) is 0. The van der Waals surface area contributed by atoms with Gasteiger partial charge in [-0.05, 0) is 31.2 Å². The van der Waals surface area contributed by atoms with Crippen molar-refractivity contribution in [1.82, 2.24) is 5.32 Å². The van der Waals surface area contributed by atoms with E-state index in [9.17, 15) is 4.39 Å². The van der Waals surface area contributed by atoms with Gasteiger partial charge in [-0.25, -0.2) is 4.39 Å². The molecule has 1 N–H and O–H groups in total. The Bertz CT molecular complexity index is 387. The van der Waals surface area contributed by atoms with Gasteiger partial charge >= 0.3 is 0 Å². The zero-order valence-electron chi connectivity index (χ0n) is 9.46. The first-order chi connectivity index (χ1) is 7.65. The van der Waals surface area contributed by atoms with Gasteiger partial charge in [-0.1, -0.05) is 6.92 Å². The van der Waals surface area contributed by atoms with Crippen LogP contribution in [0.1, 0.15) is 19.4 Å². The van der Waals surface area contributed by atoms with Gasteiger partial charge in [0.25, 0.3) is 0 Å². The quantitative estimate of drug-likeness (QED) is 0.830. The highest BCUT2D eigenvalue weighted by molar-refractivity contribution is 5.30. The van der Waals surface area contributed by atoms with Gasteiger partial charge < -0.3 is 10.1 Å². The van der Waals surface area contributed by atoms with Gasteiger partial charge in [0, 0.05) is 12.6 Å². The predicted molar refractivity (Wildman–Crippen MR) is 59.5 cm³/mol. The van der Waals surface area contributed by atoms with E-state index in [2.05, 4.69) is 5.32 Å². The third-order valence-corrected chi connectivity index (χ3v) is 2.00. The molecular weight excluding hydrogens is 207 g/mol. The van der Waals surface area contributed by atoms with Crippen molar-refractivity contribution < 1.29 is 9.13 Å². The zero-order chi connectivity index (χ0) is 12.0. The first-order valence-electron chi connectivity index (χ1n) is 5.22. The minimum absolute atomic E-state index is 0.351. The Labute approximate surface area is 94.8 Å². The van der Waals surface area contributed by atoms with Gasteiger partial charge in [-0.15, -0.1) is 0 Å². The van der Waals surface area contributed by atoms with Crippen LogP contribution in [0.5, 0.6) is 5.75 Å². The number of nitrogens with one attached hydrogen (secondary N) is 1. The topological polar surface area (TPSA) is 45.0 Å². The lowest BCUT2D eigenvalue weighted by molar-refractivity contribution is 0.275. The lowest BCUT2D eigenvalue weighted by Crippen LogP contribution is -2.13. The molecule has 0 aromatic heterocycles. The molecule has 0 aliphatic heterocycles. The molecule has 0 saturated carbocycles. The summed E-state index contributed by atoms with van der Waals surface area (Å²) in [6.45, 7) is 5.01. The Hall–Kier alpha value is -1.60. The molecule has 0 fully saturated rings. The van der Waals surface area contributed by atoms with Crippen LogP contribution in [0.2, 0.25) is 0 Å². The van der Waals surface area contributed by atoms with Crippen molar-refractivity contribution in [3.05, 3.63) is 29.6 Å². The zero-order valence-corrected chi connectivity index (χ0v) is 9.46. The molecule has 0 spiro atoms. The van der Waals surface area contributed by atoms with Crippen molar-refractivity contribution in [3.8, 4) is 11.8 Å².